The summed E-state index contributed by atoms with van der Waals surface area (Å²) in [6.45, 7) is 2.34. The van der Waals surface area contributed by atoms with E-state index in [1.807, 2.05) is 26.1 Å². The van der Waals surface area contributed by atoms with Gasteiger partial charge in [-0.15, -0.1) is 0 Å². The fourth-order valence-electron chi connectivity index (χ4n) is 2.93. The van der Waals surface area contributed by atoms with Crippen LogP contribution in [0.4, 0.5) is 4.39 Å². The van der Waals surface area contributed by atoms with E-state index in [0.717, 1.165) is 16.8 Å². The van der Waals surface area contributed by atoms with Gasteiger partial charge in [0.15, 0.2) is 0 Å². The van der Waals surface area contributed by atoms with E-state index in [0.29, 0.717) is 12.2 Å². The summed E-state index contributed by atoms with van der Waals surface area (Å²) in [7, 11) is 1.95. The van der Waals surface area contributed by atoms with Gasteiger partial charge < -0.3 is 5.11 Å². The quantitative estimate of drug-likeness (QED) is 0.768. The molecule has 0 saturated carbocycles. The Morgan fingerprint density at radius 1 is 1.08 bits per heavy atom. The SMILES string of the molecule is Cc1ccc(O)c(CN(C)[C@@H](c2ccc(F)cc2)c2cccnc2)n1. The molecule has 1 atom stereocenters. The van der Waals surface area contributed by atoms with E-state index in [2.05, 4.69) is 14.9 Å². The second-order valence-electron chi connectivity index (χ2n) is 6.07. The first-order valence-corrected chi connectivity index (χ1v) is 8.05. The van der Waals surface area contributed by atoms with Crippen LogP contribution in [-0.4, -0.2) is 27.0 Å². The van der Waals surface area contributed by atoms with Crippen molar-refractivity contribution in [3.63, 3.8) is 0 Å². The molecular weight excluding hydrogens is 317 g/mol. The third kappa shape index (κ3) is 4.00. The van der Waals surface area contributed by atoms with Crippen molar-refractivity contribution in [3.8, 4) is 5.75 Å². The van der Waals surface area contributed by atoms with Crippen LogP contribution >= 0.6 is 0 Å². The van der Waals surface area contributed by atoms with Crippen molar-refractivity contribution in [2.24, 2.45) is 0 Å². The van der Waals surface area contributed by atoms with E-state index < -0.39 is 0 Å². The Kier molecular flexibility index (Phi) is 5.05. The first kappa shape index (κ1) is 17.0. The zero-order valence-corrected chi connectivity index (χ0v) is 14.2. The third-order valence-electron chi connectivity index (χ3n) is 4.12. The molecule has 1 aromatic carbocycles. The van der Waals surface area contributed by atoms with Crippen molar-refractivity contribution in [1.82, 2.24) is 14.9 Å². The zero-order chi connectivity index (χ0) is 17.8. The van der Waals surface area contributed by atoms with Crippen molar-refractivity contribution in [3.05, 3.63) is 89.3 Å². The molecule has 5 heteroatoms. The summed E-state index contributed by atoms with van der Waals surface area (Å²) >= 11 is 0. The first-order chi connectivity index (χ1) is 12.0. The fourth-order valence-corrected chi connectivity index (χ4v) is 2.93. The first-order valence-electron chi connectivity index (χ1n) is 8.05. The summed E-state index contributed by atoms with van der Waals surface area (Å²) in [6, 6.07) is 13.6. The molecule has 0 bridgehead atoms. The number of aryl methyl sites for hydroxylation is 1. The van der Waals surface area contributed by atoms with Crippen LogP contribution in [-0.2, 0) is 6.54 Å². The summed E-state index contributed by atoms with van der Waals surface area (Å²) in [5, 5.41) is 10.1. The van der Waals surface area contributed by atoms with Gasteiger partial charge in [-0.05, 0) is 55.4 Å². The van der Waals surface area contributed by atoms with Gasteiger partial charge in [0, 0.05) is 24.6 Å². The topological polar surface area (TPSA) is 49.2 Å². The average molecular weight is 337 g/mol. The summed E-state index contributed by atoms with van der Waals surface area (Å²) in [4.78, 5) is 10.7. The zero-order valence-electron chi connectivity index (χ0n) is 14.2. The van der Waals surface area contributed by atoms with Crippen molar-refractivity contribution < 1.29 is 9.50 Å². The van der Waals surface area contributed by atoms with E-state index in [9.17, 15) is 9.50 Å². The van der Waals surface area contributed by atoms with Crippen molar-refractivity contribution in [2.45, 2.75) is 19.5 Å². The number of benzene rings is 1. The van der Waals surface area contributed by atoms with Crippen LogP contribution in [0.25, 0.3) is 0 Å². The largest absolute Gasteiger partial charge is 0.506 e. The summed E-state index contributed by atoms with van der Waals surface area (Å²) in [5.41, 5.74) is 3.40. The van der Waals surface area contributed by atoms with Crippen molar-refractivity contribution >= 4 is 0 Å². The van der Waals surface area contributed by atoms with Crippen LogP contribution < -0.4 is 0 Å². The van der Waals surface area contributed by atoms with Gasteiger partial charge in [-0.1, -0.05) is 18.2 Å². The number of hydrogen-bond donors (Lipinski definition) is 1. The third-order valence-corrected chi connectivity index (χ3v) is 4.12. The van der Waals surface area contributed by atoms with E-state index >= 15 is 0 Å². The van der Waals surface area contributed by atoms with Gasteiger partial charge in [-0.25, -0.2) is 4.39 Å². The molecule has 2 aromatic heterocycles. The second kappa shape index (κ2) is 7.40. The second-order valence-corrected chi connectivity index (χ2v) is 6.07. The van der Waals surface area contributed by atoms with Gasteiger partial charge in [-0.2, -0.15) is 0 Å². The van der Waals surface area contributed by atoms with Crippen molar-refractivity contribution in [2.75, 3.05) is 7.05 Å². The summed E-state index contributed by atoms with van der Waals surface area (Å²) < 4.78 is 13.3. The number of aromatic nitrogens is 2. The lowest BCUT2D eigenvalue weighted by Crippen LogP contribution is -2.26. The summed E-state index contributed by atoms with van der Waals surface area (Å²) in [6.07, 6.45) is 3.52. The highest BCUT2D eigenvalue weighted by Crippen LogP contribution is 2.29. The highest BCUT2D eigenvalue weighted by Gasteiger charge is 2.21. The van der Waals surface area contributed by atoms with Gasteiger partial charge in [0.1, 0.15) is 11.6 Å². The number of aromatic hydroxyl groups is 1. The minimum atomic E-state index is -0.269. The predicted octanol–water partition coefficient (Wildman–Crippen LogP) is 3.85. The minimum Gasteiger partial charge on any atom is -0.506 e. The molecule has 0 unspecified atom stereocenters. The molecule has 2 heterocycles. The Hall–Kier alpha value is -2.79. The molecule has 0 radical (unpaired) electrons. The monoisotopic (exact) mass is 337 g/mol. The van der Waals surface area contributed by atoms with Crippen LogP contribution in [0.1, 0.15) is 28.6 Å². The Morgan fingerprint density at radius 3 is 2.52 bits per heavy atom. The maximum absolute atomic E-state index is 13.3. The van der Waals surface area contributed by atoms with Gasteiger partial charge in [-0.3, -0.25) is 14.9 Å². The molecule has 128 valence electrons. The van der Waals surface area contributed by atoms with E-state index in [1.165, 1.54) is 12.1 Å². The van der Waals surface area contributed by atoms with Gasteiger partial charge in [0.05, 0.1) is 11.7 Å². The predicted molar refractivity (Wildman–Crippen MR) is 94.6 cm³/mol. The molecular formula is C20H20FN3O. The molecule has 1 N–H and O–H groups in total. The molecule has 25 heavy (non-hydrogen) atoms. The molecule has 3 rings (SSSR count). The fraction of sp³-hybridized carbons (Fsp3) is 0.200. The average Bonchev–Trinajstić information content (AvgIpc) is 2.61. The molecule has 4 nitrogen and oxygen atoms in total. The number of nitrogens with zero attached hydrogens (tertiary/aromatic N) is 3. The maximum atomic E-state index is 13.3. The molecule has 0 saturated heterocycles. The number of pyridine rings is 2. The lowest BCUT2D eigenvalue weighted by Gasteiger charge is -2.28. The normalized spacial score (nSPS) is 12.3. The number of rotatable bonds is 5. The van der Waals surface area contributed by atoms with Crippen LogP contribution in [0, 0.1) is 12.7 Å². The molecule has 0 aliphatic rings. The maximum Gasteiger partial charge on any atom is 0.138 e. The van der Waals surface area contributed by atoms with Crippen LogP contribution in [0.5, 0.6) is 5.75 Å². The highest BCUT2D eigenvalue weighted by molar-refractivity contribution is 5.32. The van der Waals surface area contributed by atoms with Gasteiger partial charge >= 0.3 is 0 Å². The van der Waals surface area contributed by atoms with Crippen LogP contribution in [0.15, 0.2) is 60.9 Å². The number of halogens is 1. The van der Waals surface area contributed by atoms with Crippen LogP contribution in [0.2, 0.25) is 0 Å². The molecule has 0 aliphatic carbocycles. The Morgan fingerprint density at radius 2 is 1.84 bits per heavy atom. The Bertz CT molecular complexity index is 837. The Balaban J connectivity index is 1.96. The van der Waals surface area contributed by atoms with E-state index in [-0.39, 0.29) is 17.6 Å². The van der Waals surface area contributed by atoms with Gasteiger partial charge in [0.2, 0.25) is 0 Å². The standard InChI is InChI=1S/C20H20FN3O/c1-14-5-10-19(25)18(23-14)13-24(2)20(16-4-3-11-22-12-16)15-6-8-17(21)9-7-15/h3-12,20,25H,13H2,1-2H3/t20-/m0/s1. The minimum absolute atomic E-state index is 0.129. The molecule has 0 fully saturated rings. The number of hydrogen-bond acceptors (Lipinski definition) is 4. The molecule has 0 amide bonds. The lowest BCUT2D eigenvalue weighted by atomic mass is 9.98. The van der Waals surface area contributed by atoms with E-state index in [4.69, 9.17) is 0 Å². The summed E-state index contributed by atoms with van der Waals surface area (Å²) in [5.74, 6) is -0.101. The van der Waals surface area contributed by atoms with E-state index in [1.54, 1.807) is 36.7 Å². The van der Waals surface area contributed by atoms with Gasteiger partial charge in [0.25, 0.3) is 0 Å². The smallest absolute Gasteiger partial charge is 0.138 e. The van der Waals surface area contributed by atoms with Crippen LogP contribution in [0.3, 0.4) is 0 Å². The lowest BCUT2D eigenvalue weighted by molar-refractivity contribution is 0.262. The molecule has 0 spiro atoms. The highest BCUT2D eigenvalue weighted by atomic mass is 19.1. The van der Waals surface area contributed by atoms with Crippen molar-refractivity contribution in [1.29, 1.82) is 0 Å². The molecule has 0 aliphatic heterocycles. The Labute approximate surface area is 146 Å². The molecule has 3 aromatic rings.